The molecule has 0 spiro atoms. The molecule has 1 aliphatic heterocycles. The molecule has 0 saturated heterocycles. The van der Waals surface area contributed by atoms with Crippen LogP contribution in [-0.2, 0) is 4.79 Å². The molecule has 3 rings (SSSR count). The number of amides is 1. The first kappa shape index (κ1) is 23.6. The fourth-order valence-electron chi connectivity index (χ4n) is 3.87. The maximum atomic E-state index is 13.2. The number of Topliss-reactive ketones (excluding diaryl/α,β-unsaturated/α-hetero) is 1. The zero-order valence-electron chi connectivity index (χ0n) is 19.0. The van der Waals surface area contributed by atoms with Crippen LogP contribution in [0, 0.1) is 0 Å². The van der Waals surface area contributed by atoms with E-state index in [2.05, 4.69) is 25.7 Å². The predicted octanol–water partition coefficient (Wildman–Crippen LogP) is 4.38. The van der Waals surface area contributed by atoms with Crippen molar-refractivity contribution in [2.75, 3.05) is 32.8 Å². The number of rotatable bonds is 12. The van der Waals surface area contributed by atoms with Crippen LogP contribution >= 0.6 is 0 Å². The minimum absolute atomic E-state index is 0.0455. The van der Waals surface area contributed by atoms with Gasteiger partial charge in [-0.25, -0.2) is 0 Å². The first-order valence-corrected chi connectivity index (χ1v) is 11.3. The molecule has 2 heterocycles. The summed E-state index contributed by atoms with van der Waals surface area (Å²) in [5.74, 6) is -0.721. The summed E-state index contributed by atoms with van der Waals surface area (Å²) in [5, 5.41) is 10.7. The number of aliphatic hydroxyl groups is 1. The Balaban J connectivity index is 1.92. The number of furan rings is 1. The van der Waals surface area contributed by atoms with Gasteiger partial charge < -0.3 is 24.1 Å². The summed E-state index contributed by atoms with van der Waals surface area (Å²) in [7, 11) is 0. The number of nitrogens with zero attached hydrogens (tertiary/aromatic N) is 2. The summed E-state index contributed by atoms with van der Waals surface area (Å²) >= 11 is 0. The molecule has 1 aliphatic rings. The van der Waals surface area contributed by atoms with Gasteiger partial charge in [-0.2, -0.15) is 0 Å². The lowest BCUT2D eigenvalue weighted by Gasteiger charge is -2.29. The molecule has 172 valence electrons. The third kappa shape index (κ3) is 5.05. The molecule has 1 amide bonds. The van der Waals surface area contributed by atoms with E-state index in [0.717, 1.165) is 37.2 Å². The lowest BCUT2D eigenvalue weighted by molar-refractivity contribution is -0.129. The van der Waals surface area contributed by atoms with Crippen LogP contribution in [0.5, 0.6) is 5.75 Å². The van der Waals surface area contributed by atoms with Crippen molar-refractivity contribution in [3.8, 4) is 5.75 Å². The van der Waals surface area contributed by atoms with E-state index in [9.17, 15) is 14.7 Å². The van der Waals surface area contributed by atoms with Crippen molar-refractivity contribution in [3.05, 3.63) is 65.3 Å². The minimum atomic E-state index is -0.694. The van der Waals surface area contributed by atoms with Gasteiger partial charge in [0.05, 0.1) is 24.5 Å². The Morgan fingerprint density at radius 2 is 1.88 bits per heavy atom. The van der Waals surface area contributed by atoms with Crippen LogP contribution in [0.4, 0.5) is 0 Å². The van der Waals surface area contributed by atoms with Crippen molar-refractivity contribution in [2.24, 2.45) is 0 Å². The van der Waals surface area contributed by atoms with E-state index >= 15 is 0 Å². The molecule has 32 heavy (non-hydrogen) atoms. The molecule has 1 unspecified atom stereocenters. The van der Waals surface area contributed by atoms with E-state index < -0.39 is 23.5 Å². The number of carbonyl (C=O) groups is 2. The van der Waals surface area contributed by atoms with Crippen LogP contribution in [0.2, 0.25) is 0 Å². The number of benzene rings is 1. The van der Waals surface area contributed by atoms with E-state index in [1.54, 1.807) is 11.0 Å². The number of ether oxygens (including phenoxy) is 1. The third-order valence-electron chi connectivity index (χ3n) is 5.81. The van der Waals surface area contributed by atoms with Crippen LogP contribution in [0.3, 0.4) is 0 Å². The largest absolute Gasteiger partial charge is 0.503 e. The third-order valence-corrected chi connectivity index (χ3v) is 5.81. The first-order chi connectivity index (χ1) is 15.5. The lowest BCUT2D eigenvalue weighted by atomic mass is 9.95. The molecule has 0 fully saturated rings. The second-order valence-electron chi connectivity index (χ2n) is 7.77. The van der Waals surface area contributed by atoms with Gasteiger partial charge in [0.15, 0.2) is 11.5 Å². The second-order valence-corrected chi connectivity index (χ2v) is 7.77. The van der Waals surface area contributed by atoms with E-state index in [1.165, 1.54) is 12.3 Å². The van der Waals surface area contributed by atoms with E-state index in [-0.39, 0.29) is 11.3 Å². The van der Waals surface area contributed by atoms with Crippen molar-refractivity contribution in [1.29, 1.82) is 0 Å². The van der Waals surface area contributed by atoms with Crippen LogP contribution < -0.4 is 4.74 Å². The highest BCUT2D eigenvalue weighted by Crippen LogP contribution is 2.39. The molecule has 2 aromatic rings. The van der Waals surface area contributed by atoms with Crippen LogP contribution in [0.15, 0.2) is 58.4 Å². The standard InChI is InChI=1S/C25H32N2O5/c1-4-7-16-31-19-12-10-18(11-13-19)22-21(23(28)20-9-8-17-32-20)24(29)25(30)27(22)15-14-26(5-2)6-3/h8-13,17,22,29H,4-7,14-16H2,1-3H3. The van der Waals surface area contributed by atoms with Gasteiger partial charge in [-0.3, -0.25) is 9.59 Å². The molecule has 0 radical (unpaired) electrons. The molecule has 1 N–H and O–H groups in total. The summed E-state index contributed by atoms with van der Waals surface area (Å²) in [4.78, 5) is 29.9. The van der Waals surface area contributed by atoms with Gasteiger partial charge in [0.25, 0.3) is 5.91 Å². The number of unbranched alkanes of at least 4 members (excludes halogenated alkanes) is 1. The zero-order chi connectivity index (χ0) is 23.1. The van der Waals surface area contributed by atoms with E-state index in [4.69, 9.17) is 9.15 Å². The number of aliphatic hydroxyl groups excluding tert-OH is 1. The molecular formula is C25H32N2O5. The van der Waals surface area contributed by atoms with Gasteiger partial charge in [-0.15, -0.1) is 0 Å². The molecule has 1 aromatic heterocycles. The van der Waals surface area contributed by atoms with E-state index in [0.29, 0.717) is 19.7 Å². The zero-order valence-corrected chi connectivity index (χ0v) is 19.0. The van der Waals surface area contributed by atoms with Crippen molar-refractivity contribution in [1.82, 2.24) is 9.80 Å². The minimum Gasteiger partial charge on any atom is -0.503 e. The molecule has 1 aromatic carbocycles. The Hall–Kier alpha value is -3.06. The fraction of sp³-hybridized carbons (Fsp3) is 0.440. The molecule has 0 bridgehead atoms. The molecule has 1 atom stereocenters. The molecule has 7 nitrogen and oxygen atoms in total. The van der Waals surface area contributed by atoms with Crippen molar-refractivity contribution in [2.45, 2.75) is 39.7 Å². The average molecular weight is 441 g/mol. The Morgan fingerprint density at radius 1 is 1.16 bits per heavy atom. The number of ketones is 1. The van der Waals surface area contributed by atoms with Gasteiger partial charge in [-0.05, 0) is 49.3 Å². The second kappa shape index (κ2) is 11.0. The van der Waals surface area contributed by atoms with Crippen LogP contribution in [-0.4, -0.2) is 59.4 Å². The van der Waals surface area contributed by atoms with Crippen molar-refractivity contribution >= 4 is 11.7 Å². The molecule has 0 aliphatic carbocycles. The summed E-state index contributed by atoms with van der Waals surface area (Å²) in [6.45, 7) is 9.59. The van der Waals surface area contributed by atoms with Gasteiger partial charge in [0.1, 0.15) is 5.75 Å². The highest BCUT2D eigenvalue weighted by molar-refractivity contribution is 6.15. The predicted molar refractivity (Wildman–Crippen MR) is 122 cm³/mol. The normalized spacial score (nSPS) is 16.3. The average Bonchev–Trinajstić information content (AvgIpc) is 3.43. The van der Waals surface area contributed by atoms with Crippen LogP contribution in [0.25, 0.3) is 0 Å². The SMILES string of the molecule is CCCCOc1ccc(C2C(C(=O)c3ccco3)=C(O)C(=O)N2CCN(CC)CC)cc1. The monoisotopic (exact) mass is 440 g/mol. The Morgan fingerprint density at radius 3 is 2.47 bits per heavy atom. The fourth-order valence-corrected chi connectivity index (χ4v) is 3.87. The van der Waals surface area contributed by atoms with Gasteiger partial charge in [0, 0.05) is 13.1 Å². The number of hydrogen-bond donors (Lipinski definition) is 1. The maximum Gasteiger partial charge on any atom is 0.290 e. The van der Waals surface area contributed by atoms with Gasteiger partial charge in [0.2, 0.25) is 5.78 Å². The highest BCUT2D eigenvalue weighted by Gasteiger charge is 2.44. The summed E-state index contributed by atoms with van der Waals surface area (Å²) in [6.07, 6.45) is 3.42. The summed E-state index contributed by atoms with van der Waals surface area (Å²) in [5.41, 5.74) is 0.781. The Labute approximate surface area is 189 Å². The first-order valence-electron chi connectivity index (χ1n) is 11.3. The quantitative estimate of drug-likeness (QED) is 0.390. The Bertz CT molecular complexity index is 930. The summed E-state index contributed by atoms with van der Waals surface area (Å²) < 4.78 is 11.0. The lowest BCUT2D eigenvalue weighted by Crippen LogP contribution is -2.38. The molecule has 7 heteroatoms. The number of hydrogen-bond acceptors (Lipinski definition) is 6. The maximum absolute atomic E-state index is 13.2. The number of likely N-dealkylation sites (N-methyl/N-ethyl adjacent to an activating group) is 1. The topological polar surface area (TPSA) is 83.2 Å². The van der Waals surface area contributed by atoms with Gasteiger partial charge in [-0.1, -0.05) is 39.3 Å². The Kier molecular flexibility index (Phi) is 8.11. The van der Waals surface area contributed by atoms with E-state index in [1.807, 2.05) is 24.3 Å². The van der Waals surface area contributed by atoms with Crippen molar-refractivity contribution < 1.29 is 23.8 Å². The number of carbonyl (C=O) groups excluding carboxylic acids is 2. The van der Waals surface area contributed by atoms with Gasteiger partial charge >= 0.3 is 0 Å². The smallest absolute Gasteiger partial charge is 0.290 e. The highest BCUT2D eigenvalue weighted by atomic mass is 16.5. The van der Waals surface area contributed by atoms with Crippen LogP contribution in [0.1, 0.15) is 55.8 Å². The van der Waals surface area contributed by atoms with Crippen molar-refractivity contribution in [3.63, 3.8) is 0 Å². The summed E-state index contributed by atoms with van der Waals surface area (Å²) in [6, 6.07) is 9.81. The molecular weight excluding hydrogens is 408 g/mol. The molecule has 0 saturated carbocycles.